The zero-order chi connectivity index (χ0) is 22.0. The lowest BCUT2D eigenvalue weighted by Crippen LogP contribution is -2.23. The van der Waals surface area contributed by atoms with Gasteiger partial charge >= 0.3 is 5.97 Å². The maximum Gasteiger partial charge on any atom is 0.338 e. The number of esters is 1. The molecule has 0 saturated carbocycles. The number of amides is 1. The van der Waals surface area contributed by atoms with Crippen molar-refractivity contribution in [1.82, 2.24) is 4.57 Å². The maximum absolute atomic E-state index is 12.5. The molecule has 1 aliphatic heterocycles. The summed E-state index contributed by atoms with van der Waals surface area (Å²) in [7, 11) is 0. The summed E-state index contributed by atoms with van der Waals surface area (Å²) in [5.74, 6) is 0.752. The van der Waals surface area contributed by atoms with Crippen LogP contribution < -0.4 is 14.8 Å². The molecule has 0 saturated heterocycles. The van der Waals surface area contributed by atoms with Crippen molar-refractivity contribution in [3.63, 3.8) is 0 Å². The van der Waals surface area contributed by atoms with Gasteiger partial charge in [-0.15, -0.1) is 0 Å². The lowest BCUT2D eigenvalue weighted by Gasteiger charge is -2.12. The van der Waals surface area contributed by atoms with Crippen molar-refractivity contribution in [2.24, 2.45) is 0 Å². The van der Waals surface area contributed by atoms with Crippen molar-refractivity contribution >= 4 is 17.7 Å². The Morgan fingerprint density at radius 2 is 2.03 bits per heavy atom. The molecule has 0 bridgehead atoms. The van der Waals surface area contributed by atoms with Crippen LogP contribution in [0.5, 0.6) is 11.5 Å². The standard InChI is InChI=1S/C22H19N3O6/c1-13-14(2)25(10-16-4-3-7-28-16)21(17(13)9-23)24-20(26)11-29-22(27)15-5-6-18-19(8-15)31-12-30-18/h3-8H,10-12H2,1-2H3,(H,24,26). The molecule has 1 aliphatic rings. The van der Waals surface area contributed by atoms with Gasteiger partial charge in [0.25, 0.3) is 5.91 Å². The molecule has 9 nitrogen and oxygen atoms in total. The molecule has 0 fully saturated rings. The number of rotatable bonds is 6. The summed E-state index contributed by atoms with van der Waals surface area (Å²) >= 11 is 0. The summed E-state index contributed by atoms with van der Waals surface area (Å²) in [5, 5.41) is 12.3. The van der Waals surface area contributed by atoms with Crippen LogP contribution in [0.15, 0.2) is 41.0 Å². The van der Waals surface area contributed by atoms with Crippen molar-refractivity contribution in [1.29, 1.82) is 5.26 Å². The van der Waals surface area contributed by atoms with E-state index in [2.05, 4.69) is 11.4 Å². The molecule has 4 rings (SSSR count). The summed E-state index contributed by atoms with van der Waals surface area (Å²) in [6.45, 7) is 3.58. The van der Waals surface area contributed by atoms with E-state index < -0.39 is 18.5 Å². The van der Waals surface area contributed by atoms with Crippen LogP contribution in [0.1, 0.15) is 32.9 Å². The second-order valence-corrected chi connectivity index (χ2v) is 6.90. The zero-order valence-corrected chi connectivity index (χ0v) is 16.9. The lowest BCUT2D eigenvalue weighted by atomic mass is 10.2. The van der Waals surface area contributed by atoms with E-state index in [1.165, 1.54) is 12.1 Å². The third-order valence-electron chi connectivity index (χ3n) is 5.04. The molecule has 2 aromatic heterocycles. The normalized spacial score (nSPS) is 11.8. The number of hydrogen-bond donors (Lipinski definition) is 1. The molecule has 1 amide bonds. The summed E-state index contributed by atoms with van der Waals surface area (Å²) in [5.41, 5.74) is 2.16. The molecule has 158 valence electrons. The van der Waals surface area contributed by atoms with Crippen LogP contribution in [0.2, 0.25) is 0 Å². The number of nitriles is 1. The summed E-state index contributed by atoms with van der Waals surface area (Å²) in [6, 6.07) is 10.3. The Hall–Kier alpha value is -4.19. The van der Waals surface area contributed by atoms with Crippen LogP contribution in [0.4, 0.5) is 5.82 Å². The number of aromatic nitrogens is 1. The predicted octanol–water partition coefficient (Wildman–Crippen LogP) is 3.14. The number of anilines is 1. The molecule has 0 unspecified atom stereocenters. The molecule has 0 spiro atoms. The number of hydrogen-bond acceptors (Lipinski definition) is 7. The van der Waals surface area contributed by atoms with E-state index in [1.54, 1.807) is 29.0 Å². The van der Waals surface area contributed by atoms with Crippen molar-refractivity contribution in [3.05, 3.63) is 64.7 Å². The minimum absolute atomic E-state index is 0.0912. The molecule has 9 heteroatoms. The molecule has 3 heterocycles. The molecule has 0 atom stereocenters. The number of furan rings is 1. The van der Waals surface area contributed by atoms with Crippen LogP contribution in [0.25, 0.3) is 0 Å². The Morgan fingerprint density at radius 3 is 2.77 bits per heavy atom. The van der Waals surface area contributed by atoms with Crippen LogP contribution in [0, 0.1) is 25.2 Å². The number of fused-ring (bicyclic) bond motifs is 1. The first-order valence-corrected chi connectivity index (χ1v) is 9.46. The lowest BCUT2D eigenvalue weighted by molar-refractivity contribution is -0.119. The number of nitrogens with zero attached hydrogens (tertiary/aromatic N) is 2. The van der Waals surface area contributed by atoms with Gasteiger partial charge in [0.05, 0.1) is 23.9 Å². The number of benzene rings is 1. The Balaban J connectivity index is 1.46. The molecule has 0 radical (unpaired) electrons. The van der Waals surface area contributed by atoms with E-state index >= 15 is 0 Å². The highest BCUT2D eigenvalue weighted by Crippen LogP contribution is 2.32. The molecule has 31 heavy (non-hydrogen) atoms. The van der Waals surface area contributed by atoms with E-state index in [0.29, 0.717) is 35.2 Å². The fraction of sp³-hybridized carbons (Fsp3) is 0.227. The predicted molar refractivity (Wildman–Crippen MR) is 108 cm³/mol. The third-order valence-corrected chi connectivity index (χ3v) is 5.04. The van der Waals surface area contributed by atoms with Gasteiger partial charge in [0.1, 0.15) is 17.6 Å². The highest BCUT2D eigenvalue weighted by Gasteiger charge is 2.22. The van der Waals surface area contributed by atoms with E-state index in [4.69, 9.17) is 18.6 Å². The summed E-state index contributed by atoms with van der Waals surface area (Å²) < 4.78 is 22.7. The van der Waals surface area contributed by atoms with Gasteiger partial charge in [-0.1, -0.05) is 0 Å². The number of ether oxygens (including phenoxy) is 3. The topological polar surface area (TPSA) is 116 Å². The first-order valence-electron chi connectivity index (χ1n) is 9.46. The fourth-order valence-electron chi connectivity index (χ4n) is 3.29. The van der Waals surface area contributed by atoms with E-state index in [-0.39, 0.29) is 12.4 Å². The van der Waals surface area contributed by atoms with Crippen molar-refractivity contribution < 1.29 is 28.2 Å². The van der Waals surface area contributed by atoms with Crippen molar-refractivity contribution in [2.75, 3.05) is 18.7 Å². The van der Waals surface area contributed by atoms with Gasteiger partial charge in [0.2, 0.25) is 6.79 Å². The Morgan fingerprint density at radius 1 is 1.23 bits per heavy atom. The van der Waals surface area contributed by atoms with Gasteiger partial charge in [-0.25, -0.2) is 4.79 Å². The second kappa shape index (κ2) is 8.28. The SMILES string of the molecule is Cc1c(C#N)c(NC(=O)COC(=O)c2ccc3c(c2)OCO3)n(Cc2ccco2)c1C. The summed E-state index contributed by atoms with van der Waals surface area (Å²) in [6.07, 6.45) is 1.56. The molecular formula is C22H19N3O6. The monoisotopic (exact) mass is 421 g/mol. The zero-order valence-electron chi connectivity index (χ0n) is 16.9. The highest BCUT2D eigenvalue weighted by molar-refractivity contribution is 5.96. The fourth-order valence-corrected chi connectivity index (χ4v) is 3.29. The molecular weight excluding hydrogens is 402 g/mol. The number of carbonyl (C=O) groups excluding carboxylic acids is 2. The molecule has 1 N–H and O–H groups in total. The van der Waals surface area contributed by atoms with Crippen molar-refractivity contribution in [3.8, 4) is 17.6 Å². The number of carbonyl (C=O) groups is 2. The van der Waals surface area contributed by atoms with Crippen LogP contribution >= 0.6 is 0 Å². The van der Waals surface area contributed by atoms with Crippen LogP contribution in [0.3, 0.4) is 0 Å². The minimum atomic E-state index is -0.674. The van der Waals surface area contributed by atoms with Crippen LogP contribution in [-0.4, -0.2) is 29.8 Å². The Bertz CT molecular complexity index is 1190. The van der Waals surface area contributed by atoms with E-state index in [9.17, 15) is 14.9 Å². The van der Waals surface area contributed by atoms with Gasteiger partial charge in [-0.2, -0.15) is 5.26 Å². The molecule has 3 aromatic rings. The Labute approximate surface area is 177 Å². The minimum Gasteiger partial charge on any atom is -0.467 e. The van der Waals surface area contributed by atoms with E-state index in [0.717, 1.165) is 11.3 Å². The van der Waals surface area contributed by atoms with Gasteiger partial charge in [-0.05, 0) is 49.7 Å². The highest BCUT2D eigenvalue weighted by atomic mass is 16.7. The van der Waals surface area contributed by atoms with Crippen LogP contribution in [-0.2, 0) is 16.1 Å². The third kappa shape index (κ3) is 3.96. The van der Waals surface area contributed by atoms with Crippen molar-refractivity contribution in [2.45, 2.75) is 20.4 Å². The van der Waals surface area contributed by atoms with Gasteiger partial charge in [0, 0.05) is 5.69 Å². The van der Waals surface area contributed by atoms with Gasteiger partial charge < -0.3 is 28.5 Å². The first kappa shape index (κ1) is 20.1. The summed E-state index contributed by atoms with van der Waals surface area (Å²) in [4.78, 5) is 24.8. The Kier molecular flexibility index (Phi) is 5.37. The maximum atomic E-state index is 12.5. The van der Waals surface area contributed by atoms with E-state index in [1.807, 2.05) is 13.8 Å². The quantitative estimate of drug-likeness (QED) is 0.608. The number of nitrogens with one attached hydrogen (secondary N) is 1. The smallest absolute Gasteiger partial charge is 0.338 e. The molecule has 1 aromatic carbocycles. The average molecular weight is 421 g/mol. The second-order valence-electron chi connectivity index (χ2n) is 6.90. The molecule has 0 aliphatic carbocycles. The largest absolute Gasteiger partial charge is 0.467 e. The average Bonchev–Trinajstić information content (AvgIpc) is 3.49. The van der Waals surface area contributed by atoms with Gasteiger partial charge in [-0.3, -0.25) is 4.79 Å². The van der Waals surface area contributed by atoms with Gasteiger partial charge in [0.15, 0.2) is 18.1 Å². The first-order chi connectivity index (χ1) is 15.0.